The quantitative estimate of drug-likeness (QED) is 0.171. The zero-order valence-electron chi connectivity index (χ0n) is 44.1. The van der Waals surface area contributed by atoms with Crippen LogP contribution < -0.4 is 0 Å². The number of aromatic nitrogens is 7. The summed E-state index contributed by atoms with van der Waals surface area (Å²) in [5.74, 6) is 3.82. The Morgan fingerprint density at radius 1 is 0.378 bits per heavy atom. The van der Waals surface area contributed by atoms with E-state index in [1.54, 1.807) is 0 Å². The second-order valence-electron chi connectivity index (χ2n) is 22.7. The largest absolute Gasteiger partial charge is 0.328 e. The van der Waals surface area contributed by atoms with Crippen LogP contribution in [-0.2, 0) is 38.9 Å². The predicted molar refractivity (Wildman–Crippen MR) is 303 cm³/mol. The summed E-state index contributed by atoms with van der Waals surface area (Å²) in [6, 6.07) is 40.2. The molecule has 10 nitrogen and oxygen atoms in total. The molecule has 0 saturated heterocycles. The molecular formula is C64H76N10. The minimum atomic E-state index is 0.839. The van der Waals surface area contributed by atoms with Gasteiger partial charge in [0.25, 0.3) is 0 Å². The van der Waals surface area contributed by atoms with E-state index in [2.05, 4.69) is 162 Å². The highest BCUT2D eigenvalue weighted by molar-refractivity contribution is 5.84. The number of hydrogen-bond acceptors (Lipinski definition) is 6. The van der Waals surface area contributed by atoms with Crippen LogP contribution in [0, 0.1) is 13.8 Å². The lowest BCUT2D eigenvalue weighted by Crippen LogP contribution is -2.43. The van der Waals surface area contributed by atoms with Gasteiger partial charge in [0.1, 0.15) is 17.5 Å². The van der Waals surface area contributed by atoms with Crippen LogP contribution in [0.4, 0.5) is 0 Å². The maximum Gasteiger partial charge on any atom is 0.111 e. The number of aryl methyl sites for hydroxylation is 5. The molecule has 3 aliphatic carbocycles. The Morgan fingerprint density at radius 2 is 0.797 bits per heavy atom. The van der Waals surface area contributed by atoms with Gasteiger partial charge in [-0.3, -0.25) is 14.7 Å². The highest BCUT2D eigenvalue weighted by atomic mass is 15.2. The number of nitrogens with zero attached hydrogens (tertiary/aromatic N) is 10. The van der Waals surface area contributed by atoms with E-state index >= 15 is 0 Å². The van der Waals surface area contributed by atoms with Gasteiger partial charge in [0.05, 0.1) is 33.1 Å². The zero-order chi connectivity index (χ0) is 49.5. The van der Waals surface area contributed by atoms with Crippen molar-refractivity contribution in [3.63, 3.8) is 0 Å². The van der Waals surface area contributed by atoms with Gasteiger partial charge in [0.2, 0.25) is 0 Å². The molecule has 0 bridgehead atoms. The third kappa shape index (κ3) is 9.74. The molecule has 74 heavy (non-hydrogen) atoms. The van der Waals surface area contributed by atoms with Crippen LogP contribution in [0.1, 0.15) is 106 Å². The molecule has 6 aliphatic rings. The van der Waals surface area contributed by atoms with Gasteiger partial charge in [-0.05, 0) is 154 Å². The molecule has 0 radical (unpaired) electrons. The second-order valence-corrected chi connectivity index (χ2v) is 22.7. The zero-order valence-corrected chi connectivity index (χ0v) is 44.1. The van der Waals surface area contributed by atoms with Gasteiger partial charge in [-0.1, -0.05) is 73.4 Å². The summed E-state index contributed by atoms with van der Waals surface area (Å²) in [6.07, 6.45) is 23.9. The fourth-order valence-electron chi connectivity index (χ4n) is 13.0. The molecule has 0 spiro atoms. The van der Waals surface area contributed by atoms with Crippen molar-refractivity contribution < 1.29 is 0 Å². The molecule has 0 N–H and O–H groups in total. The molecule has 3 saturated carbocycles. The van der Waals surface area contributed by atoms with Gasteiger partial charge in [0.15, 0.2) is 0 Å². The number of benzene rings is 4. The van der Waals surface area contributed by atoms with Crippen LogP contribution in [-0.4, -0.2) is 105 Å². The van der Waals surface area contributed by atoms with Gasteiger partial charge in [-0.2, -0.15) is 0 Å². The van der Waals surface area contributed by atoms with E-state index in [4.69, 9.17) is 15.0 Å². The maximum absolute atomic E-state index is 5.06. The monoisotopic (exact) mass is 985 g/mol. The first kappa shape index (κ1) is 47.6. The molecule has 3 fully saturated rings. The Labute approximate surface area is 438 Å². The van der Waals surface area contributed by atoms with E-state index in [9.17, 15) is 0 Å². The fraction of sp³-hybridized carbons (Fsp3) is 0.453. The first-order valence-electron chi connectivity index (χ1n) is 28.7. The third-order valence-electron chi connectivity index (χ3n) is 18.0. The van der Waals surface area contributed by atoms with E-state index in [-0.39, 0.29) is 0 Å². The molecule has 8 heterocycles. The molecule has 0 amide bonds. The topological polar surface area (TPSA) is 67.6 Å². The standard InChI is InChI=1S/C24H26N4.C23H27N3.C17H23N3/c1-4-20(5-1)26-13-3-14-28-23-10-8-18(16-22(23)25-24(28)11-15-26)19-7-9-21-6-2-12-27(21)17-19;1-17-6-8-18(9-7-17)19-10-11-22-21(16-19)24-23-12-15-25(20-4-2-5-20)13-3-14-26(22)23;1-13-6-7-16-15(12-13)18-17-8-11-19(14-4-2-5-14)9-3-10-20(16)17/h2,6-10,12,16-17,20H,1,3-5,11,13-15H2;6-11,16,20H,2-5,12-15H2,1H3;6-7,12,14H,2-5,8-11H2,1H3. The molecule has 0 unspecified atom stereocenters. The summed E-state index contributed by atoms with van der Waals surface area (Å²) < 4.78 is 9.56. The highest BCUT2D eigenvalue weighted by Gasteiger charge is 2.29. The summed E-state index contributed by atoms with van der Waals surface area (Å²) in [7, 11) is 0. The second kappa shape index (κ2) is 20.9. The van der Waals surface area contributed by atoms with Gasteiger partial charge in [-0.25, -0.2) is 15.0 Å². The van der Waals surface area contributed by atoms with Crippen LogP contribution in [0.5, 0.6) is 0 Å². The van der Waals surface area contributed by atoms with Crippen molar-refractivity contribution in [2.24, 2.45) is 0 Å². The number of fused-ring (bicyclic) bond motifs is 10. The minimum absolute atomic E-state index is 0.839. The molecule has 15 rings (SSSR count). The average Bonchev–Trinajstić information content (AvgIpc) is 4.13. The number of hydrogen-bond donors (Lipinski definition) is 0. The smallest absolute Gasteiger partial charge is 0.111 e. The maximum atomic E-state index is 5.06. The summed E-state index contributed by atoms with van der Waals surface area (Å²) >= 11 is 0. The Hall–Kier alpha value is -6.07. The first-order chi connectivity index (χ1) is 36.4. The Morgan fingerprint density at radius 3 is 1.27 bits per heavy atom. The van der Waals surface area contributed by atoms with Gasteiger partial charge < -0.3 is 18.1 Å². The molecule has 9 aromatic rings. The van der Waals surface area contributed by atoms with Gasteiger partial charge >= 0.3 is 0 Å². The molecule has 382 valence electrons. The summed E-state index contributed by atoms with van der Waals surface area (Å²) in [5, 5.41) is 0. The van der Waals surface area contributed by atoms with Crippen molar-refractivity contribution in [1.29, 1.82) is 0 Å². The first-order valence-corrected chi connectivity index (χ1v) is 28.7. The van der Waals surface area contributed by atoms with E-state index in [1.807, 2.05) is 0 Å². The van der Waals surface area contributed by atoms with Crippen LogP contribution in [0.3, 0.4) is 0 Å². The van der Waals surface area contributed by atoms with Gasteiger partial charge in [-0.15, -0.1) is 0 Å². The van der Waals surface area contributed by atoms with Crippen molar-refractivity contribution in [3.8, 4) is 22.3 Å². The molecule has 4 aromatic carbocycles. The molecule has 5 aromatic heterocycles. The van der Waals surface area contributed by atoms with E-state index in [0.717, 1.165) is 74.6 Å². The third-order valence-corrected chi connectivity index (χ3v) is 18.0. The Kier molecular flexibility index (Phi) is 13.5. The predicted octanol–water partition coefficient (Wildman–Crippen LogP) is 12.7. The molecule has 0 atom stereocenters. The number of pyridine rings is 1. The summed E-state index contributed by atoms with van der Waals surface area (Å²) in [5.41, 5.74) is 16.2. The SMILES string of the molecule is Cc1ccc(-c2ccc3c(c2)nc2n3CCCN(C3CCC3)CC2)cc1.Cc1ccc2c(c1)nc1n2CCCN(C2CCC2)CC1.c1cc2ccc(-c3ccc4c(c3)nc3n4CCCN(C4CCC4)CC3)cn2c1. The van der Waals surface area contributed by atoms with Crippen LogP contribution in [0.15, 0.2) is 116 Å². The van der Waals surface area contributed by atoms with E-state index in [1.165, 1.54) is 188 Å². The van der Waals surface area contributed by atoms with Crippen LogP contribution >= 0.6 is 0 Å². The molecular weight excluding hydrogens is 909 g/mol. The Bertz CT molecular complexity index is 3390. The van der Waals surface area contributed by atoms with Gasteiger partial charge in [0, 0.05) is 114 Å². The van der Waals surface area contributed by atoms with Crippen LogP contribution in [0.2, 0.25) is 0 Å². The molecule has 3 aliphatic heterocycles. The summed E-state index contributed by atoms with van der Waals surface area (Å²) in [4.78, 5) is 23.1. The average molecular weight is 985 g/mol. The lowest BCUT2D eigenvalue weighted by Gasteiger charge is -2.38. The fourth-order valence-corrected chi connectivity index (χ4v) is 13.0. The Balaban J connectivity index is 0.000000109. The van der Waals surface area contributed by atoms with Crippen molar-refractivity contribution in [1.82, 2.24) is 47.8 Å². The van der Waals surface area contributed by atoms with Crippen molar-refractivity contribution in [2.75, 3.05) is 39.3 Å². The van der Waals surface area contributed by atoms with Crippen molar-refractivity contribution in [3.05, 3.63) is 144 Å². The normalized spacial score (nSPS) is 19.5. The van der Waals surface area contributed by atoms with Crippen molar-refractivity contribution in [2.45, 2.75) is 148 Å². The number of rotatable bonds is 5. The van der Waals surface area contributed by atoms with Crippen LogP contribution in [0.25, 0.3) is 60.9 Å². The van der Waals surface area contributed by atoms with Crippen molar-refractivity contribution >= 4 is 38.6 Å². The minimum Gasteiger partial charge on any atom is -0.328 e. The lowest BCUT2D eigenvalue weighted by molar-refractivity contribution is 0.120. The number of imidazole rings is 3. The van der Waals surface area contributed by atoms with E-state index < -0.39 is 0 Å². The van der Waals surface area contributed by atoms with E-state index in [0.29, 0.717) is 0 Å². The highest BCUT2D eigenvalue weighted by Crippen LogP contribution is 2.32. The molecule has 10 heteroatoms. The lowest BCUT2D eigenvalue weighted by atomic mass is 9.91. The summed E-state index contributed by atoms with van der Waals surface area (Å²) in [6.45, 7) is 14.8.